The van der Waals surface area contributed by atoms with E-state index in [1.165, 1.54) is 116 Å². The molecule has 10 heteroatoms. The smallest absolute Gasteiger partial charge is 0.306 e. The van der Waals surface area contributed by atoms with Crippen LogP contribution in [0.2, 0.25) is 0 Å². The van der Waals surface area contributed by atoms with E-state index >= 15 is 0 Å². The maximum Gasteiger partial charge on any atom is 0.306 e. The Kier molecular flexibility index (Phi) is 51.5. The number of hydrogen-bond acceptors (Lipinski definition) is 7. The van der Waals surface area contributed by atoms with Gasteiger partial charge in [-0.3, -0.25) is 14.2 Å². The third-order valence-electron chi connectivity index (χ3n) is 13.1. The second kappa shape index (κ2) is 53.6. The Morgan fingerprint density at radius 3 is 1.30 bits per heavy atom. The number of likely N-dealkylation sites (N-methyl/N-ethyl adjacent to an activating group) is 1. The van der Waals surface area contributed by atoms with E-state index in [0.29, 0.717) is 23.9 Å². The van der Waals surface area contributed by atoms with Gasteiger partial charge in [0.05, 0.1) is 33.8 Å². The number of nitrogens with zero attached hydrogens (tertiary/aromatic N) is 1. The molecule has 9 nitrogen and oxygen atoms in total. The molecule has 3 unspecified atom stereocenters. The zero-order chi connectivity index (χ0) is 54.3. The molecule has 1 amide bonds. The van der Waals surface area contributed by atoms with Crippen molar-refractivity contribution in [2.24, 2.45) is 0 Å². The van der Waals surface area contributed by atoms with E-state index in [2.05, 4.69) is 99.0 Å². The van der Waals surface area contributed by atoms with Gasteiger partial charge in [0, 0.05) is 12.8 Å². The largest absolute Gasteiger partial charge is 0.756 e. The van der Waals surface area contributed by atoms with E-state index in [1.807, 2.05) is 33.3 Å². The molecule has 0 radical (unpaired) electrons. The first-order chi connectivity index (χ1) is 35.9. The Morgan fingerprint density at radius 1 is 0.486 bits per heavy atom. The molecule has 0 aliphatic heterocycles. The van der Waals surface area contributed by atoms with Crippen LogP contribution in [0, 0.1) is 0 Å². The second-order valence-corrected chi connectivity index (χ2v) is 22.9. The molecular formula is C64H115N2O7P. The van der Waals surface area contributed by atoms with Gasteiger partial charge < -0.3 is 28.5 Å². The molecule has 0 fully saturated rings. The number of carbonyl (C=O) groups excluding carboxylic acids is 2. The zero-order valence-corrected chi connectivity index (χ0v) is 49.7. The number of rotatable bonds is 54. The Morgan fingerprint density at radius 2 is 0.865 bits per heavy atom. The standard InChI is InChI=1S/C64H115N2O7P/c1-7-10-13-16-19-22-25-27-29-30-31-32-33-34-35-36-37-39-42-45-48-51-54-57-64(68)73-62(55-52-49-46-43-40-24-21-18-15-12-9-3)61(60-72-74(69,70)71-59-58-66(4,5)6)65-63(67)56-53-50-47-44-41-38-28-26-23-20-17-14-11-8-2/h10,13,19,22,27,29,31-32,34-35,37,39,52,55,61-62H,7-9,11-12,14-18,20-21,23-26,28,30,33,36,38,40-51,53-54,56-60H2,1-6H3,(H-,65,67,69,70)/b13-10-,22-19-,29-27-,32-31-,35-34-,39-37-,55-52+. The first kappa shape index (κ1) is 71.2. The Hall–Kier alpha value is -2.81. The maximum atomic E-state index is 13.5. The van der Waals surface area contributed by atoms with Crippen LogP contribution in [0.4, 0.5) is 0 Å². The lowest BCUT2D eigenvalue weighted by Gasteiger charge is -2.30. The fourth-order valence-corrected chi connectivity index (χ4v) is 9.13. The zero-order valence-electron chi connectivity index (χ0n) is 48.8. The Balaban J connectivity index is 5.26. The Bertz CT molecular complexity index is 1540. The summed E-state index contributed by atoms with van der Waals surface area (Å²) in [4.78, 5) is 39.9. The van der Waals surface area contributed by atoms with Crippen molar-refractivity contribution in [1.82, 2.24) is 5.32 Å². The van der Waals surface area contributed by atoms with Crippen molar-refractivity contribution in [3.63, 3.8) is 0 Å². The fourth-order valence-electron chi connectivity index (χ4n) is 8.41. The van der Waals surface area contributed by atoms with E-state index in [4.69, 9.17) is 13.8 Å². The van der Waals surface area contributed by atoms with Gasteiger partial charge in [0.2, 0.25) is 5.91 Å². The van der Waals surface area contributed by atoms with E-state index in [9.17, 15) is 19.0 Å². The van der Waals surface area contributed by atoms with Crippen molar-refractivity contribution in [2.45, 2.75) is 270 Å². The fraction of sp³-hybridized carbons (Fsp3) is 0.750. The monoisotopic (exact) mass is 1050 g/mol. The molecule has 0 aromatic carbocycles. The van der Waals surface area contributed by atoms with E-state index in [1.54, 1.807) is 0 Å². The number of esters is 1. The number of ether oxygens (including phenoxy) is 1. The summed E-state index contributed by atoms with van der Waals surface area (Å²) >= 11 is 0. The highest BCUT2D eigenvalue weighted by atomic mass is 31.2. The number of carbonyl (C=O) groups is 2. The number of hydrogen-bond donors (Lipinski definition) is 1. The van der Waals surface area contributed by atoms with Gasteiger partial charge in [-0.05, 0) is 83.1 Å². The summed E-state index contributed by atoms with van der Waals surface area (Å²) in [5.41, 5.74) is 0. The lowest BCUT2D eigenvalue weighted by atomic mass is 10.0. The van der Waals surface area contributed by atoms with Gasteiger partial charge in [-0.25, -0.2) is 0 Å². The van der Waals surface area contributed by atoms with Gasteiger partial charge in [-0.2, -0.15) is 0 Å². The van der Waals surface area contributed by atoms with E-state index < -0.39 is 26.6 Å². The summed E-state index contributed by atoms with van der Waals surface area (Å²) in [7, 11) is 1.16. The van der Waals surface area contributed by atoms with Gasteiger partial charge in [-0.1, -0.05) is 247 Å². The lowest BCUT2D eigenvalue weighted by Crippen LogP contribution is -2.47. The van der Waals surface area contributed by atoms with Gasteiger partial charge in [0.25, 0.3) is 7.82 Å². The van der Waals surface area contributed by atoms with E-state index in [0.717, 1.165) is 103 Å². The maximum absolute atomic E-state index is 13.5. The van der Waals surface area contributed by atoms with Crippen molar-refractivity contribution in [3.05, 3.63) is 85.1 Å². The van der Waals surface area contributed by atoms with Crippen LogP contribution in [0.25, 0.3) is 0 Å². The van der Waals surface area contributed by atoms with E-state index in [-0.39, 0.29) is 24.9 Å². The minimum absolute atomic E-state index is 0.0289. The molecule has 1 N–H and O–H groups in total. The van der Waals surface area contributed by atoms with Gasteiger partial charge >= 0.3 is 5.97 Å². The summed E-state index contributed by atoms with van der Waals surface area (Å²) in [6.45, 7) is 6.70. The van der Waals surface area contributed by atoms with Crippen LogP contribution in [0.3, 0.4) is 0 Å². The summed E-state index contributed by atoms with van der Waals surface area (Å²) < 4.78 is 30.2. The van der Waals surface area contributed by atoms with Crippen molar-refractivity contribution < 1.29 is 37.3 Å². The van der Waals surface area contributed by atoms with Crippen LogP contribution >= 0.6 is 7.82 Å². The molecule has 0 aromatic heterocycles. The molecule has 0 rings (SSSR count). The normalized spacial score (nSPS) is 14.3. The SMILES string of the molecule is CC/C=C\C/C=C\C/C=C\C/C=C\C/C=C\C/C=C\CCCCCCC(=O)OC(/C=C/CCCCCCCCCCC)C(COP(=O)([O-])OCC[N+](C)(C)C)NC(=O)CCCCCCCCCCCCCCCC. The quantitative estimate of drug-likeness (QED) is 0.0212. The molecule has 74 heavy (non-hydrogen) atoms. The number of phosphoric acid groups is 1. The van der Waals surface area contributed by atoms with Crippen LogP contribution in [0.5, 0.6) is 0 Å². The summed E-state index contributed by atoms with van der Waals surface area (Å²) in [6, 6.07) is -0.900. The number of phosphoric ester groups is 1. The number of unbranched alkanes of at least 4 members (excludes halogenated alkanes) is 26. The van der Waals surface area contributed by atoms with Crippen LogP contribution < -0.4 is 10.2 Å². The third kappa shape index (κ3) is 54.0. The number of nitrogens with one attached hydrogen (secondary N) is 1. The average molecular weight is 1060 g/mol. The third-order valence-corrected chi connectivity index (χ3v) is 14.1. The first-order valence-corrected chi connectivity index (χ1v) is 31.9. The minimum atomic E-state index is -4.70. The molecule has 428 valence electrons. The highest BCUT2D eigenvalue weighted by molar-refractivity contribution is 7.45. The van der Waals surface area contributed by atoms with Gasteiger partial charge in [-0.15, -0.1) is 0 Å². The van der Waals surface area contributed by atoms with Gasteiger partial charge in [0.1, 0.15) is 19.3 Å². The minimum Gasteiger partial charge on any atom is -0.756 e. The molecular weight excluding hydrogens is 940 g/mol. The van der Waals surface area contributed by atoms with Crippen molar-refractivity contribution in [3.8, 4) is 0 Å². The van der Waals surface area contributed by atoms with Crippen LogP contribution in [0.1, 0.15) is 258 Å². The highest BCUT2D eigenvalue weighted by Crippen LogP contribution is 2.38. The van der Waals surface area contributed by atoms with Gasteiger partial charge in [0.15, 0.2) is 0 Å². The lowest BCUT2D eigenvalue weighted by molar-refractivity contribution is -0.870. The van der Waals surface area contributed by atoms with Crippen LogP contribution in [-0.4, -0.2) is 69.4 Å². The molecule has 0 bridgehead atoms. The number of amides is 1. The second-order valence-electron chi connectivity index (χ2n) is 21.5. The number of allylic oxidation sites excluding steroid dienone is 13. The molecule has 0 aliphatic carbocycles. The predicted molar refractivity (Wildman–Crippen MR) is 316 cm³/mol. The topological polar surface area (TPSA) is 114 Å². The number of quaternary nitrogens is 1. The summed E-state index contributed by atoms with van der Waals surface area (Å²) in [5, 5.41) is 3.02. The van der Waals surface area contributed by atoms with Crippen molar-refractivity contribution in [2.75, 3.05) is 40.9 Å². The first-order valence-electron chi connectivity index (χ1n) is 30.4. The van der Waals surface area contributed by atoms with Crippen molar-refractivity contribution in [1.29, 1.82) is 0 Å². The molecule has 0 heterocycles. The molecule has 0 saturated carbocycles. The molecule has 3 atom stereocenters. The molecule has 0 aliphatic rings. The summed E-state index contributed by atoms with van der Waals surface area (Å²) in [5.74, 6) is -0.570. The van der Waals surface area contributed by atoms with Crippen LogP contribution in [-0.2, 0) is 27.9 Å². The van der Waals surface area contributed by atoms with Crippen LogP contribution in [0.15, 0.2) is 85.1 Å². The molecule has 0 saturated heterocycles. The summed E-state index contributed by atoms with van der Waals surface area (Å²) in [6.07, 6.45) is 69.8. The average Bonchev–Trinajstić information content (AvgIpc) is 3.36. The molecule has 0 aromatic rings. The molecule has 0 spiro atoms. The Labute approximate surface area is 456 Å². The predicted octanol–water partition coefficient (Wildman–Crippen LogP) is 18.0. The highest BCUT2D eigenvalue weighted by Gasteiger charge is 2.27. The van der Waals surface area contributed by atoms with Crippen molar-refractivity contribution >= 4 is 19.7 Å².